The summed E-state index contributed by atoms with van der Waals surface area (Å²) < 4.78 is 33.6. The number of nitrogens with one attached hydrogen (secondary N) is 1. The van der Waals surface area contributed by atoms with E-state index in [9.17, 15) is 13.0 Å². The molecule has 0 aliphatic carbocycles. The van der Waals surface area contributed by atoms with Crippen LogP contribution >= 0.6 is 0 Å². The Kier molecular flexibility index (Phi) is 7.12. The van der Waals surface area contributed by atoms with Gasteiger partial charge in [0.05, 0.1) is 16.7 Å². The fourth-order valence-electron chi connectivity index (χ4n) is 2.26. The second-order valence-electron chi connectivity index (χ2n) is 5.59. The Balaban J connectivity index is 1.88. The number of anilines is 1. The molecule has 0 unspecified atom stereocenters. The Labute approximate surface area is 148 Å². The molecule has 0 spiro atoms. The normalized spacial score (nSPS) is 11.8. The van der Waals surface area contributed by atoms with Gasteiger partial charge in [0.25, 0.3) is 0 Å². The molecule has 0 aliphatic rings. The lowest BCUT2D eigenvalue weighted by atomic mass is 10.1. The third-order valence-corrected chi connectivity index (χ3v) is 4.34. The fraction of sp³-hybridized carbons (Fsp3) is 0.278. The number of pyridine rings is 1. The summed E-state index contributed by atoms with van der Waals surface area (Å²) in [6, 6.07) is 11.8. The Morgan fingerprint density at radius 2 is 1.64 bits per heavy atom. The zero-order chi connectivity index (χ0) is 18.1. The maximum Gasteiger partial charge on any atom is 0.169 e. The lowest BCUT2D eigenvalue weighted by Crippen LogP contribution is -2.33. The first-order chi connectivity index (χ1) is 12.0. The number of benzene rings is 1. The number of aromatic nitrogens is 1. The second-order valence-corrected chi connectivity index (χ2v) is 7.11. The van der Waals surface area contributed by atoms with E-state index in [4.69, 9.17) is 5.11 Å². The molecule has 1 aromatic heterocycles. The predicted octanol–water partition coefficient (Wildman–Crippen LogP) is 1.48. The van der Waals surface area contributed by atoms with Crippen molar-refractivity contribution in [3.8, 4) is 0 Å². The summed E-state index contributed by atoms with van der Waals surface area (Å²) in [5, 5.41) is 11.9. The molecule has 0 aliphatic heterocycles. The first-order valence-corrected chi connectivity index (χ1v) is 9.59. The van der Waals surface area contributed by atoms with Crippen LogP contribution in [0.2, 0.25) is 0 Å². The van der Waals surface area contributed by atoms with Gasteiger partial charge in [0, 0.05) is 36.5 Å². The van der Waals surface area contributed by atoms with Crippen LogP contribution in [0.4, 0.5) is 5.69 Å². The van der Waals surface area contributed by atoms with Crippen LogP contribution in [0, 0.1) is 0 Å². The Bertz CT molecular complexity index is 785. The van der Waals surface area contributed by atoms with Gasteiger partial charge in [-0.25, -0.2) is 13.0 Å². The number of aryl methyl sites for hydroxylation is 1. The quantitative estimate of drug-likeness (QED) is 0.521. The molecule has 6 nitrogen and oxygen atoms in total. The van der Waals surface area contributed by atoms with Crippen LogP contribution in [0.25, 0.3) is 12.2 Å². The van der Waals surface area contributed by atoms with Gasteiger partial charge in [0.1, 0.15) is 6.54 Å². The van der Waals surface area contributed by atoms with Crippen molar-refractivity contribution in [2.24, 2.45) is 0 Å². The summed E-state index contributed by atoms with van der Waals surface area (Å²) in [5.41, 5.74) is 3.05. The summed E-state index contributed by atoms with van der Waals surface area (Å²) in [7, 11) is -4.14. The van der Waals surface area contributed by atoms with Gasteiger partial charge >= 0.3 is 0 Å². The molecule has 0 radical (unpaired) electrons. The number of aliphatic hydroxyl groups is 1. The molecule has 0 amide bonds. The van der Waals surface area contributed by atoms with E-state index in [0.29, 0.717) is 19.5 Å². The minimum absolute atomic E-state index is 0.0996. The van der Waals surface area contributed by atoms with Crippen LogP contribution in [-0.2, 0) is 16.7 Å². The molecule has 0 saturated carbocycles. The summed E-state index contributed by atoms with van der Waals surface area (Å²) in [4.78, 5) is 0. The minimum Gasteiger partial charge on any atom is -0.748 e. The van der Waals surface area contributed by atoms with E-state index < -0.39 is 10.1 Å². The highest BCUT2D eigenvalue weighted by Gasteiger charge is 2.02. The molecular weight excluding hydrogens is 340 g/mol. The average Bonchev–Trinajstić information content (AvgIpc) is 2.59. The number of aliphatic hydroxyl groups excluding tert-OH is 1. The summed E-state index contributed by atoms with van der Waals surface area (Å²) >= 11 is 0. The summed E-state index contributed by atoms with van der Waals surface area (Å²) in [6.07, 6.45) is 8.02. The number of hydrogen-bond donors (Lipinski definition) is 2. The molecule has 25 heavy (non-hydrogen) atoms. The van der Waals surface area contributed by atoms with Gasteiger partial charge in [-0.15, -0.1) is 0 Å². The van der Waals surface area contributed by atoms with Crippen molar-refractivity contribution in [1.29, 1.82) is 0 Å². The van der Waals surface area contributed by atoms with Crippen molar-refractivity contribution in [2.45, 2.75) is 13.0 Å². The molecular formula is C18H22N2O4S. The van der Waals surface area contributed by atoms with Gasteiger partial charge in [-0.2, -0.15) is 0 Å². The zero-order valence-corrected chi connectivity index (χ0v) is 14.7. The van der Waals surface area contributed by atoms with Gasteiger partial charge in [0.15, 0.2) is 12.4 Å². The average molecular weight is 362 g/mol. The van der Waals surface area contributed by atoms with E-state index in [-0.39, 0.29) is 12.4 Å². The van der Waals surface area contributed by atoms with Crippen LogP contribution in [0.3, 0.4) is 0 Å². The van der Waals surface area contributed by atoms with Crippen molar-refractivity contribution in [1.82, 2.24) is 0 Å². The van der Waals surface area contributed by atoms with Crippen LogP contribution in [0.5, 0.6) is 0 Å². The molecule has 2 rings (SSSR count). The summed E-state index contributed by atoms with van der Waals surface area (Å²) in [5.74, 6) is -0.342. The molecule has 0 saturated heterocycles. The smallest absolute Gasteiger partial charge is 0.169 e. The van der Waals surface area contributed by atoms with Crippen LogP contribution in [0.1, 0.15) is 17.5 Å². The van der Waals surface area contributed by atoms with Crippen LogP contribution in [-0.4, -0.2) is 37.0 Å². The second kappa shape index (κ2) is 9.31. The van der Waals surface area contributed by atoms with E-state index in [1.807, 2.05) is 65.5 Å². The van der Waals surface area contributed by atoms with Crippen LogP contribution < -0.4 is 9.88 Å². The van der Waals surface area contributed by atoms with Gasteiger partial charge in [-0.1, -0.05) is 24.3 Å². The highest BCUT2D eigenvalue weighted by atomic mass is 32.2. The molecule has 134 valence electrons. The van der Waals surface area contributed by atoms with E-state index in [1.54, 1.807) is 0 Å². The zero-order valence-electron chi connectivity index (χ0n) is 13.8. The van der Waals surface area contributed by atoms with E-state index >= 15 is 0 Å². The first-order valence-electron chi connectivity index (χ1n) is 8.02. The molecule has 2 aromatic rings. The van der Waals surface area contributed by atoms with Crippen molar-refractivity contribution in [3.63, 3.8) is 0 Å². The minimum atomic E-state index is -4.14. The van der Waals surface area contributed by atoms with Crippen molar-refractivity contribution < 1.29 is 22.6 Å². The lowest BCUT2D eigenvalue weighted by Gasteiger charge is -2.04. The molecule has 0 fully saturated rings. The third kappa shape index (κ3) is 7.47. The third-order valence-electron chi connectivity index (χ3n) is 3.55. The molecule has 1 aromatic carbocycles. The van der Waals surface area contributed by atoms with Gasteiger partial charge in [-0.05, 0) is 23.3 Å². The highest BCUT2D eigenvalue weighted by Crippen LogP contribution is 2.12. The Hall–Kier alpha value is -2.22. The SMILES string of the molecule is O=S(=O)([O-])CCC[n+]1ccc(/C=C/c2ccc(NCCO)cc2)cc1. The number of hydrogen-bond acceptors (Lipinski definition) is 5. The van der Waals surface area contributed by atoms with Gasteiger partial charge in [-0.3, -0.25) is 0 Å². The topological polar surface area (TPSA) is 93.3 Å². The summed E-state index contributed by atoms with van der Waals surface area (Å²) in [6.45, 7) is 1.12. The number of rotatable bonds is 9. The highest BCUT2D eigenvalue weighted by molar-refractivity contribution is 7.85. The van der Waals surface area contributed by atoms with E-state index in [1.165, 1.54) is 0 Å². The van der Waals surface area contributed by atoms with E-state index in [2.05, 4.69) is 5.32 Å². The fourth-order valence-corrected chi connectivity index (χ4v) is 2.74. The maximum absolute atomic E-state index is 10.6. The first kappa shape index (κ1) is 19.1. The van der Waals surface area contributed by atoms with Crippen molar-refractivity contribution >= 4 is 28.0 Å². The molecule has 0 atom stereocenters. The molecule has 0 bridgehead atoms. The van der Waals surface area contributed by atoms with Crippen molar-refractivity contribution in [3.05, 3.63) is 59.9 Å². The van der Waals surface area contributed by atoms with Crippen molar-refractivity contribution in [2.75, 3.05) is 24.2 Å². The van der Waals surface area contributed by atoms with Gasteiger partial charge in [0.2, 0.25) is 0 Å². The van der Waals surface area contributed by atoms with Crippen LogP contribution in [0.15, 0.2) is 48.8 Å². The molecule has 2 N–H and O–H groups in total. The number of nitrogens with zero attached hydrogens (tertiary/aromatic N) is 1. The Morgan fingerprint density at radius 1 is 1.04 bits per heavy atom. The standard InChI is InChI=1S/C18H22N2O4S/c21-14-10-19-18-6-4-16(5-7-18)2-3-17-8-12-20(13-9-17)11-1-15-25(22,23)24/h2-9,12-13,21H,1,10-11,14-15H2,(H,22,23,24). The monoisotopic (exact) mass is 362 g/mol. The Morgan fingerprint density at radius 3 is 2.20 bits per heavy atom. The predicted molar refractivity (Wildman–Crippen MR) is 96.8 cm³/mol. The molecule has 1 heterocycles. The lowest BCUT2D eigenvalue weighted by molar-refractivity contribution is -0.696. The van der Waals surface area contributed by atoms with Gasteiger partial charge < -0.3 is 15.0 Å². The maximum atomic E-state index is 10.6. The van der Waals surface area contributed by atoms with E-state index in [0.717, 1.165) is 16.8 Å². The molecule has 7 heteroatoms. The largest absolute Gasteiger partial charge is 0.748 e.